The van der Waals surface area contributed by atoms with Crippen molar-refractivity contribution in [3.8, 4) is 0 Å². The minimum Gasteiger partial charge on any atom is -0.329 e. The SMILES string of the molecule is CN1C2CCC1CN(C1(CN)CCSCC1)CC2. The number of nitrogens with zero attached hydrogens (tertiary/aromatic N) is 2. The van der Waals surface area contributed by atoms with Crippen LogP contribution in [0, 0.1) is 0 Å². The van der Waals surface area contributed by atoms with Gasteiger partial charge in [-0.2, -0.15) is 11.8 Å². The lowest BCUT2D eigenvalue weighted by molar-refractivity contribution is 0.0742. The molecule has 3 rings (SSSR count). The summed E-state index contributed by atoms with van der Waals surface area (Å²) in [4.78, 5) is 5.41. The van der Waals surface area contributed by atoms with Crippen molar-refractivity contribution in [3.05, 3.63) is 0 Å². The zero-order valence-corrected chi connectivity index (χ0v) is 12.4. The molecule has 0 aromatic rings. The molecule has 3 nitrogen and oxygen atoms in total. The van der Waals surface area contributed by atoms with Crippen LogP contribution in [-0.2, 0) is 0 Å². The zero-order valence-electron chi connectivity index (χ0n) is 11.6. The monoisotopic (exact) mass is 269 g/mol. The molecule has 104 valence electrons. The smallest absolute Gasteiger partial charge is 0.0348 e. The van der Waals surface area contributed by atoms with Gasteiger partial charge >= 0.3 is 0 Å². The topological polar surface area (TPSA) is 32.5 Å². The predicted molar refractivity (Wildman–Crippen MR) is 79.1 cm³/mol. The van der Waals surface area contributed by atoms with Crippen molar-refractivity contribution in [2.24, 2.45) is 5.73 Å². The van der Waals surface area contributed by atoms with Gasteiger partial charge in [0.2, 0.25) is 0 Å². The van der Waals surface area contributed by atoms with Gasteiger partial charge in [-0.25, -0.2) is 0 Å². The van der Waals surface area contributed by atoms with Gasteiger partial charge in [-0.15, -0.1) is 0 Å². The molecule has 0 radical (unpaired) electrons. The van der Waals surface area contributed by atoms with Crippen LogP contribution in [0.25, 0.3) is 0 Å². The van der Waals surface area contributed by atoms with Crippen LogP contribution in [-0.4, -0.2) is 65.6 Å². The molecule has 3 aliphatic rings. The Balaban J connectivity index is 1.75. The van der Waals surface area contributed by atoms with Gasteiger partial charge in [0.05, 0.1) is 0 Å². The summed E-state index contributed by atoms with van der Waals surface area (Å²) in [6, 6.07) is 1.63. The highest BCUT2D eigenvalue weighted by molar-refractivity contribution is 7.99. The van der Waals surface area contributed by atoms with Gasteiger partial charge in [0.15, 0.2) is 0 Å². The molecule has 0 aliphatic carbocycles. The first-order valence-corrected chi connectivity index (χ1v) is 8.65. The van der Waals surface area contributed by atoms with E-state index in [1.165, 1.54) is 56.7 Å². The fraction of sp³-hybridized carbons (Fsp3) is 1.00. The van der Waals surface area contributed by atoms with Gasteiger partial charge in [-0.3, -0.25) is 9.80 Å². The molecule has 4 heteroatoms. The fourth-order valence-electron chi connectivity index (χ4n) is 4.14. The second-order valence-corrected chi connectivity index (χ2v) is 7.55. The molecule has 18 heavy (non-hydrogen) atoms. The van der Waals surface area contributed by atoms with Crippen LogP contribution in [0.2, 0.25) is 0 Å². The highest BCUT2D eigenvalue weighted by atomic mass is 32.2. The normalized spacial score (nSPS) is 37.7. The Kier molecular flexibility index (Phi) is 3.90. The van der Waals surface area contributed by atoms with E-state index in [1.54, 1.807) is 0 Å². The summed E-state index contributed by atoms with van der Waals surface area (Å²) < 4.78 is 0. The van der Waals surface area contributed by atoms with Crippen LogP contribution in [0.5, 0.6) is 0 Å². The Hall–Kier alpha value is 0.230. The summed E-state index contributed by atoms with van der Waals surface area (Å²) in [5.41, 5.74) is 6.52. The van der Waals surface area contributed by atoms with E-state index in [-0.39, 0.29) is 0 Å². The fourth-order valence-corrected chi connectivity index (χ4v) is 5.39. The van der Waals surface area contributed by atoms with Crippen LogP contribution >= 0.6 is 11.8 Å². The summed E-state index contributed by atoms with van der Waals surface area (Å²) in [6.45, 7) is 3.39. The number of nitrogens with two attached hydrogens (primary N) is 1. The summed E-state index contributed by atoms with van der Waals surface area (Å²) >= 11 is 2.11. The Bertz CT molecular complexity index is 291. The molecule has 2 N–H and O–H groups in total. The number of likely N-dealkylation sites (N-methyl/N-ethyl adjacent to an activating group) is 1. The number of thioether (sulfide) groups is 1. The second-order valence-electron chi connectivity index (χ2n) is 6.33. The Morgan fingerprint density at radius 2 is 1.89 bits per heavy atom. The molecule has 3 aliphatic heterocycles. The first-order chi connectivity index (χ1) is 8.75. The third kappa shape index (κ3) is 2.21. The molecular weight excluding hydrogens is 242 g/mol. The lowest BCUT2D eigenvalue weighted by atomic mass is 9.88. The van der Waals surface area contributed by atoms with Crippen molar-refractivity contribution in [2.45, 2.75) is 49.7 Å². The second kappa shape index (κ2) is 5.31. The Morgan fingerprint density at radius 1 is 1.17 bits per heavy atom. The average Bonchev–Trinajstić information content (AvgIpc) is 2.64. The van der Waals surface area contributed by atoms with Crippen molar-refractivity contribution in [2.75, 3.05) is 38.2 Å². The minimum atomic E-state index is 0.330. The van der Waals surface area contributed by atoms with Gasteiger partial charge in [0.1, 0.15) is 0 Å². The molecule has 0 saturated carbocycles. The van der Waals surface area contributed by atoms with E-state index in [0.29, 0.717) is 5.54 Å². The van der Waals surface area contributed by atoms with Crippen LogP contribution in [0.1, 0.15) is 32.1 Å². The Labute approximate surface area is 115 Å². The molecule has 0 amide bonds. The molecule has 0 aromatic carbocycles. The van der Waals surface area contributed by atoms with Crippen molar-refractivity contribution in [1.82, 2.24) is 9.80 Å². The van der Waals surface area contributed by atoms with Gasteiger partial charge in [0.25, 0.3) is 0 Å². The number of likely N-dealkylation sites (tertiary alicyclic amines) is 1. The van der Waals surface area contributed by atoms with Crippen molar-refractivity contribution < 1.29 is 0 Å². The van der Waals surface area contributed by atoms with E-state index in [1.807, 2.05) is 0 Å². The molecule has 0 spiro atoms. The quantitative estimate of drug-likeness (QED) is 0.821. The van der Waals surface area contributed by atoms with E-state index in [2.05, 4.69) is 28.6 Å². The zero-order chi connectivity index (χ0) is 12.6. The van der Waals surface area contributed by atoms with E-state index in [9.17, 15) is 0 Å². The standard InChI is InChI=1S/C14H27N3S/c1-16-12-2-3-13(16)10-17(7-4-12)14(11-15)5-8-18-9-6-14/h12-13H,2-11,15H2,1H3. The molecule has 2 atom stereocenters. The van der Waals surface area contributed by atoms with E-state index in [4.69, 9.17) is 5.73 Å². The van der Waals surface area contributed by atoms with Gasteiger partial charge in [-0.05, 0) is 50.7 Å². The minimum absolute atomic E-state index is 0.330. The van der Waals surface area contributed by atoms with E-state index in [0.717, 1.165) is 18.6 Å². The summed E-state index contributed by atoms with van der Waals surface area (Å²) in [5.74, 6) is 2.61. The Morgan fingerprint density at radius 3 is 2.61 bits per heavy atom. The number of fused-ring (bicyclic) bond motifs is 2. The summed E-state index contributed by atoms with van der Waals surface area (Å²) in [5, 5.41) is 0. The number of hydrogen-bond donors (Lipinski definition) is 1. The van der Waals surface area contributed by atoms with Gasteiger partial charge < -0.3 is 5.73 Å². The summed E-state index contributed by atoms with van der Waals surface area (Å²) in [6.07, 6.45) is 6.76. The highest BCUT2D eigenvalue weighted by Gasteiger charge is 2.42. The van der Waals surface area contributed by atoms with E-state index < -0.39 is 0 Å². The van der Waals surface area contributed by atoms with Crippen molar-refractivity contribution >= 4 is 11.8 Å². The summed E-state index contributed by atoms with van der Waals surface area (Å²) in [7, 11) is 2.33. The van der Waals surface area contributed by atoms with Crippen LogP contribution in [0.3, 0.4) is 0 Å². The molecule has 2 bridgehead atoms. The molecular formula is C14H27N3S. The third-order valence-electron chi connectivity index (χ3n) is 5.62. The lowest BCUT2D eigenvalue weighted by Crippen LogP contribution is -2.58. The molecule has 3 fully saturated rings. The van der Waals surface area contributed by atoms with E-state index >= 15 is 0 Å². The van der Waals surface area contributed by atoms with Crippen LogP contribution in [0.4, 0.5) is 0 Å². The largest absolute Gasteiger partial charge is 0.329 e. The average molecular weight is 269 g/mol. The highest BCUT2D eigenvalue weighted by Crippen LogP contribution is 2.36. The molecule has 0 aromatic heterocycles. The maximum Gasteiger partial charge on any atom is 0.0348 e. The van der Waals surface area contributed by atoms with Crippen molar-refractivity contribution in [1.29, 1.82) is 0 Å². The lowest BCUT2D eigenvalue weighted by Gasteiger charge is -2.46. The van der Waals surface area contributed by atoms with Gasteiger partial charge in [0, 0.05) is 37.3 Å². The number of rotatable bonds is 2. The first-order valence-electron chi connectivity index (χ1n) is 7.50. The molecule has 3 heterocycles. The third-order valence-corrected chi connectivity index (χ3v) is 6.61. The molecule has 2 unspecified atom stereocenters. The van der Waals surface area contributed by atoms with Gasteiger partial charge in [-0.1, -0.05) is 0 Å². The predicted octanol–water partition coefficient (Wildman–Crippen LogP) is 1.38. The molecule has 3 saturated heterocycles. The number of hydrogen-bond acceptors (Lipinski definition) is 4. The van der Waals surface area contributed by atoms with Crippen LogP contribution in [0.15, 0.2) is 0 Å². The van der Waals surface area contributed by atoms with Crippen LogP contribution < -0.4 is 5.73 Å². The maximum atomic E-state index is 6.19. The maximum absolute atomic E-state index is 6.19. The first kappa shape index (κ1) is 13.2. The van der Waals surface area contributed by atoms with Crippen molar-refractivity contribution in [3.63, 3.8) is 0 Å².